The summed E-state index contributed by atoms with van der Waals surface area (Å²) >= 11 is 0. The number of anilines is 1. The van der Waals surface area contributed by atoms with Crippen molar-refractivity contribution in [3.8, 4) is 0 Å². The van der Waals surface area contributed by atoms with Crippen LogP contribution in [0.1, 0.15) is 38.5 Å². The lowest BCUT2D eigenvalue weighted by Gasteiger charge is -2.26. The number of nitrogens with zero attached hydrogens (tertiary/aromatic N) is 2. The van der Waals surface area contributed by atoms with Crippen LogP contribution in [0.5, 0.6) is 0 Å². The maximum absolute atomic E-state index is 13.7. The predicted octanol–water partition coefficient (Wildman–Crippen LogP) is 2.39. The molecule has 2 aliphatic rings. The third-order valence-corrected chi connectivity index (χ3v) is 5.74. The zero-order chi connectivity index (χ0) is 22.4. The van der Waals surface area contributed by atoms with Gasteiger partial charge in [0.1, 0.15) is 0 Å². The second-order valence-electron chi connectivity index (χ2n) is 7.95. The van der Waals surface area contributed by atoms with E-state index in [0.29, 0.717) is 19.0 Å². The third kappa shape index (κ3) is 5.89. The first-order valence-electron chi connectivity index (χ1n) is 10.6. The maximum Gasteiger partial charge on any atom is 0.243 e. The highest BCUT2D eigenvalue weighted by Gasteiger charge is 2.31. The number of guanidine groups is 1. The number of rotatable bonds is 5. The zero-order valence-electron chi connectivity index (χ0n) is 17.5. The third-order valence-electron chi connectivity index (χ3n) is 5.74. The van der Waals surface area contributed by atoms with Crippen LogP contribution in [0.3, 0.4) is 0 Å². The molecule has 1 aromatic rings. The molecule has 1 atom stereocenters. The van der Waals surface area contributed by atoms with Gasteiger partial charge >= 0.3 is 0 Å². The lowest BCUT2D eigenvalue weighted by molar-refractivity contribution is -0.135. The Bertz CT molecular complexity index is 843. The summed E-state index contributed by atoms with van der Waals surface area (Å²) < 4.78 is 39.9. The van der Waals surface area contributed by atoms with Gasteiger partial charge in [-0.2, -0.15) is 0 Å². The lowest BCUT2D eigenvalue weighted by atomic mass is 9.88. The Kier molecular flexibility index (Phi) is 7.75. The van der Waals surface area contributed by atoms with Crippen LogP contribution in [-0.2, 0) is 9.59 Å². The topological polar surface area (TPSA) is 85.8 Å². The van der Waals surface area contributed by atoms with E-state index >= 15 is 0 Å². The number of aliphatic imine (C=N–C) groups is 1. The highest BCUT2D eigenvalue weighted by Crippen LogP contribution is 2.26. The van der Waals surface area contributed by atoms with Gasteiger partial charge in [-0.25, -0.2) is 13.2 Å². The summed E-state index contributed by atoms with van der Waals surface area (Å²) in [7, 11) is 1.54. The maximum atomic E-state index is 13.7. The summed E-state index contributed by atoms with van der Waals surface area (Å²) in [6, 6.07) is 1.70. The average Bonchev–Trinajstić information content (AvgIpc) is 3.25. The van der Waals surface area contributed by atoms with Gasteiger partial charge in [0.15, 0.2) is 23.4 Å². The van der Waals surface area contributed by atoms with Crippen LogP contribution in [0.4, 0.5) is 18.9 Å². The van der Waals surface area contributed by atoms with Crippen LogP contribution in [0.15, 0.2) is 17.1 Å². The average molecular weight is 439 g/mol. The number of hydrogen-bond acceptors (Lipinski definition) is 3. The summed E-state index contributed by atoms with van der Waals surface area (Å²) in [4.78, 5) is 30.7. The molecule has 1 aliphatic heterocycles. The van der Waals surface area contributed by atoms with Gasteiger partial charge in [0.2, 0.25) is 11.8 Å². The van der Waals surface area contributed by atoms with Crippen molar-refractivity contribution >= 4 is 23.5 Å². The van der Waals surface area contributed by atoms with Gasteiger partial charge in [0.05, 0.1) is 12.2 Å². The van der Waals surface area contributed by atoms with Crippen LogP contribution >= 0.6 is 0 Å². The number of benzene rings is 1. The first-order valence-corrected chi connectivity index (χ1v) is 10.6. The monoisotopic (exact) mass is 439 g/mol. The molecule has 7 nitrogen and oxygen atoms in total. The fourth-order valence-electron chi connectivity index (χ4n) is 4.05. The van der Waals surface area contributed by atoms with Crippen LogP contribution in [0.2, 0.25) is 0 Å². The van der Waals surface area contributed by atoms with Crippen LogP contribution in [0.25, 0.3) is 0 Å². The molecule has 0 bridgehead atoms. The van der Waals surface area contributed by atoms with E-state index in [1.165, 1.54) is 6.42 Å². The summed E-state index contributed by atoms with van der Waals surface area (Å²) in [6.45, 7) is 0.998. The van der Waals surface area contributed by atoms with Gasteiger partial charge < -0.3 is 20.9 Å². The van der Waals surface area contributed by atoms with Crippen molar-refractivity contribution in [3.63, 3.8) is 0 Å². The van der Waals surface area contributed by atoms with E-state index in [-0.39, 0.29) is 24.4 Å². The van der Waals surface area contributed by atoms with E-state index in [0.717, 1.165) is 44.2 Å². The number of hydrogen-bond donors (Lipinski definition) is 3. The van der Waals surface area contributed by atoms with Gasteiger partial charge in [0, 0.05) is 32.1 Å². The predicted molar refractivity (Wildman–Crippen MR) is 111 cm³/mol. The second-order valence-corrected chi connectivity index (χ2v) is 7.95. The Morgan fingerprint density at radius 2 is 1.84 bits per heavy atom. The van der Waals surface area contributed by atoms with Crippen molar-refractivity contribution in [2.75, 3.05) is 32.0 Å². The molecule has 2 amide bonds. The summed E-state index contributed by atoms with van der Waals surface area (Å²) in [5, 5.41) is 8.18. The Morgan fingerprint density at radius 3 is 2.55 bits per heavy atom. The molecular formula is C21H28F3N5O2. The summed E-state index contributed by atoms with van der Waals surface area (Å²) in [6.07, 6.45) is 6.12. The minimum absolute atomic E-state index is 0.00504. The van der Waals surface area contributed by atoms with E-state index in [1.807, 2.05) is 4.90 Å². The number of halogens is 3. The molecule has 1 heterocycles. The lowest BCUT2D eigenvalue weighted by Crippen LogP contribution is -2.47. The van der Waals surface area contributed by atoms with Crippen LogP contribution < -0.4 is 16.0 Å². The molecular weight excluding hydrogens is 411 g/mol. The normalized spacial score (nSPS) is 19.9. The molecule has 1 aromatic carbocycles. The van der Waals surface area contributed by atoms with Gasteiger partial charge in [-0.1, -0.05) is 19.3 Å². The number of nitrogens with one attached hydrogen (secondary N) is 3. The Balaban J connectivity index is 1.45. The van der Waals surface area contributed by atoms with E-state index in [4.69, 9.17) is 0 Å². The number of likely N-dealkylation sites (tertiary alicyclic amines) is 1. The standard InChI is InChI=1S/C21H28F3N5O2/c1-25-21(26-11-17(30)28-16-8-7-15(22)18(23)19(16)24)27-14-9-10-29(12-14)20(31)13-5-3-2-4-6-13/h7-8,13-14H,2-6,9-12H2,1H3,(H,28,30)(H2,25,26,27). The first kappa shape index (κ1) is 22.9. The summed E-state index contributed by atoms with van der Waals surface area (Å²) in [5.41, 5.74) is -0.443. The molecule has 170 valence electrons. The minimum atomic E-state index is -1.64. The Labute approximate surface area is 179 Å². The van der Waals surface area contributed by atoms with E-state index in [1.54, 1.807) is 7.05 Å². The number of carbonyl (C=O) groups excluding carboxylic acids is 2. The van der Waals surface area contributed by atoms with Crippen molar-refractivity contribution in [1.82, 2.24) is 15.5 Å². The highest BCUT2D eigenvalue weighted by atomic mass is 19.2. The minimum Gasteiger partial charge on any atom is -0.352 e. The van der Waals surface area contributed by atoms with Gasteiger partial charge in [0.25, 0.3) is 0 Å². The highest BCUT2D eigenvalue weighted by molar-refractivity contribution is 5.95. The van der Waals surface area contributed by atoms with Gasteiger partial charge in [-0.05, 0) is 31.4 Å². The number of carbonyl (C=O) groups is 2. The molecule has 2 fully saturated rings. The Morgan fingerprint density at radius 1 is 1.10 bits per heavy atom. The van der Waals surface area contributed by atoms with E-state index < -0.39 is 29.0 Å². The van der Waals surface area contributed by atoms with Gasteiger partial charge in [-0.15, -0.1) is 0 Å². The van der Waals surface area contributed by atoms with Crippen molar-refractivity contribution < 1.29 is 22.8 Å². The quantitative estimate of drug-likeness (QED) is 0.374. The SMILES string of the molecule is CN=C(NCC(=O)Nc1ccc(F)c(F)c1F)NC1CCN(C(=O)C2CCCCC2)C1. The van der Waals surface area contributed by atoms with Gasteiger partial charge in [-0.3, -0.25) is 14.6 Å². The van der Waals surface area contributed by atoms with Crippen LogP contribution in [0, 0.1) is 23.4 Å². The van der Waals surface area contributed by atoms with E-state index in [9.17, 15) is 22.8 Å². The molecule has 0 spiro atoms. The molecule has 1 aliphatic carbocycles. The second kappa shape index (κ2) is 10.5. The van der Waals surface area contributed by atoms with Crippen molar-refractivity contribution in [3.05, 3.63) is 29.6 Å². The zero-order valence-corrected chi connectivity index (χ0v) is 17.5. The molecule has 3 rings (SSSR count). The molecule has 10 heteroatoms. The van der Waals surface area contributed by atoms with Crippen molar-refractivity contribution in [2.45, 2.75) is 44.6 Å². The van der Waals surface area contributed by atoms with Crippen molar-refractivity contribution in [2.24, 2.45) is 10.9 Å². The molecule has 1 saturated carbocycles. The fraction of sp³-hybridized carbons (Fsp3) is 0.571. The Hall–Kier alpha value is -2.78. The first-order chi connectivity index (χ1) is 14.9. The van der Waals surface area contributed by atoms with Crippen molar-refractivity contribution in [1.29, 1.82) is 0 Å². The fourth-order valence-corrected chi connectivity index (χ4v) is 4.05. The molecule has 0 radical (unpaired) electrons. The summed E-state index contributed by atoms with van der Waals surface area (Å²) in [5.74, 6) is -4.36. The van der Waals surface area contributed by atoms with Crippen LogP contribution in [-0.4, -0.2) is 55.4 Å². The molecule has 0 aromatic heterocycles. The number of amides is 2. The largest absolute Gasteiger partial charge is 0.352 e. The smallest absolute Gasteiger partial charge is 0.243 e. The van der Waals surface area contributed by atoms with E-state index in [2.05, 4.69) is 20.9 Å². The molecule has 1 unspecified atom stereocenters. The molecule has 3 N–H and O–H groups in total. The molecule has 1 saturated heterocycles. The molecule has 31 heavy (non-hydrogen) atoms.